The monoisotopic (exact) mass is 251 g/mol. The highest BCUT2D eigenvalue weighted by Gasteiger charge is 2.09. The highest BCUT2D eigenvalue weighted by molar-refractivity contribution is 5.81. The lowest BCUT2D eigenvalue weighted by Gasteiger charge is -2.11. The SMILES string of the molecule is Cc1cc([N+](=O)[O-])ccc1NCC(=O)NC(C)C. The Balaban J connectivity index is 2.63. The van der Waals surface area contributed by atoms with Gasteiger partial charge in [0.2, 0.25) is 5.91 Å². The number of benzene rings is 1. The van der Waals surface area contributed by atoms with E-state index in [0.717, 1.165) is 11.3 Å². The van der Waals surface area contributed by atoms with Gasteiger partial charge in [-0.15, -0.1) is 0 Å². The van der Waals surface area contributed by atoms with Gasteiger partial charge in [-0.3, -0.25) is 14.9 Å². The summed E-state index contributed by atoms with van der Waals surface area (Å²) < 4.78 is 0. The molecule has 0 saturated carbocycles. The highest BCUT2D eigenvalue weighted by Crippen LogP contribution is 2.20. The number of nitro benzene ring substituents is 1. The molecule has 0 heterocycles. The first-order valence-corrected chi connectivity index (χ1v) is 5.68. The average molecular weight is 251 g/mol. The Morgan fingerprint density at radius 3 is 2.61 bits per heavy atom. The van der Waals surface area contributed by atoms with Crippen molar-refractivity contribution in [2.24, 2.45) is 0 Å². The van der Waals surface area contributed by atoms with E-state index in [-0.39, 0.29) is 24.2 Å². The second-order valence-corrected chi connectivity index (χ2v) is 4.33. The quantitative estimate of drug-likeness (QED) is 0.617. The molecule has 98 valence electrons. The third kappa shape index (κ3) is 4.04. The van der Waals surface area contributed by atoms with Crippen molar-refractivity contribution in [3.63, 3.8) is 0 Å². The van der Waals surface area contributed by atoms with Crippen molar-refractivity contribution in [3.05, 3.63) is 33.9 Å². The summed E-state index contributed by atoms with van der Waals surface area (Å²) in [4.78, 5) is 21.6. The lowest BCUT2D eigenvalue weighted by atomic mass is 10.2. The fraction of sp³-hybridized carbons (Fsp3) is 0.417. The third-order valence-corrected chi connectivity index (χ3v) is 2.31. The molecule has 18 heavy (non-hydrogen) atoms. The van der Waals surface area contributed by atoms with E-state index in [1.54, 1.807) is 13.0 Å². The zero-order valence-corrected chi connectivity index (χ0v) is 10.7. The zero-order chi connectivity index (χ0) is 13.7. The van der Waals surface area contributed by atoms with Gasteiger partial charge in [0.25, 0.3) is 5.69 Å². The van der Waals surface area contributed by atoms with Crippen molar-refractivity contribution in [2.75, 3.05) is 11.9 Å². The predicted octanol–water partition coefficient (Wildman–Crippen LogP) is 1.84. The summed E-state index contributed by atoms with van der Waals surface area (Å²) in [6, 6.07) is 4.59. The van der Waals surface area contributed by atoms with E-state index in [9.17, 15) is 14.9 Å². The van der Waals surface area contributed by atoms with Crippen LogP contribution in [0.4, 0.5) is 11.4 Å². The van der Waals surface area contributed by atoms with Crippen LogP contribution in [0.1, 0.15) is 19.4 Å². The highest BCUT2D eigenvalue weighted by atomic mass is 16.6. The number of amides is 1. The maximum Gasteiger partial charge on any atom is 0.269 e. The molecule has 0 aliphatic rings. The molecule has 0 unspecified atom stereocenters. The van der Waals surface area contributed by atoms with Crippen LogP contribution < -0.4 is 10.6 Å². The van der Waals surface area contributed by atoms with Crippen molar-refractivity contribution < 1.29 is 9.72 Å². The first-order chi connectivity index (χ1) is 8.40. The van der Waals surface area contributed by atoms with Crippen molar-refractivity contribution in [1.82, 2.24) is 5.32 Å². The van der Waals surface area contributed by atoms with Crippen LogP contribution in [0.15, 0.2) is 18.2 Å². The van der Waals surface area contributed by atoms with Gasteiger partial charge >= 0.3 is 0 Å². The minimum absolute atomic E-state index is 0.0460. The molecule has 1 rings (SSSR count). The Morgan fingerprint density at radius 1 is 1.44 bits per heavy atom. The van der Waals surface area contributed by atoms with Crippen LogP contribution >= 0.6 is 0 Å². The van der Waals surface area contributed by atoms with E-state index in [1.807, 2.05) is 13.8 Å². The Morgan fingerprint density at radius 2 is 2.11 bits per heavy atom. The van der Waals surface area contributed by atoms with Crippen LogP contribution in [0.3, 0.4) is 0 Å². The molecular weight excluding hydrogens is 234 g/mol. The summed E-state index contributed by atoms with van der Waals surface area (Å²) >= 11 is 0. The smallest absolute Gasteiger partial charge is 0.269 e. The summed E-state index contributed by atoms with van der Waals surface area (Å²) in [5.74, 6) is -0.109. The van der Waals surface area contributed by atoms with Gasteiger partial charge in [-0.1, -0.05) is 0 Å². The van der Waals surface area contributed by atoms with Crippen molar-refractivity contribution in [1.29, 1.82) is 0 Å². The second-order valence-electron chi connectivity index (χ2n) is 4.33. The molecular formula is C12H17N3O3. The minimum Gasteiger partial charge on any atom is -0.376 e. The van der Waals surface area contributed by atoms with Crippen LogP contribution in [-0.4, -0.2) is 23.4 Å². The van der Waals surface area contributed by atoms with E-state index in [2.05, 4.69) is 10.6 Å². The molecule has 0 radical (unpaired) electrons. The van der Waals surface area contributed by atoms with Crippen molar-refractivity contribution >= 4 is 17.3 Å². The number of carbonyl (C=O) groups excluding carboxylic acids is 1. The molecule has 6 nitrogen and oxygen atoms in total. The molecule has 0 saturated heterocycles. The molecule has 1 aromatic carbocycles. The summed E-state index contributed by atoms with van der Waals surface area (Å²) in [5.41, 5.74) is 1.51. The minimum atomic E-state index is -0.442. The number of aryl methyl sites for hydroxylation is 1. The van der Waals surface area contributed by atoms with Crippen LogP contribution in [0.5, 0.6) is 0 Å². The van der Waals surface area contributed by atoms with Crippen LogP contribution in [0.25, 0.3) is 0 Å². The molecule has 0 aliphatic heterocycles. The summed E-state index contributed by atoms with van der Waals surface area (Å²) in [5, 5.41) is 16.3. The van der Waals surface area contributed by atoms with E-state index in [1.165, 1.54) is 12.1 Å². The Hall–Kier alpha value is -2.11. The van der Waals surface area contributed by atoms with Crippen LogP contribution in [-0.2, 0) is 4.79 Å². The number of hydrogen-bond acceptors (Lipinski definition) is 4. The van der Waals surface area contributed by atoms with Crippen LogP contribution in [0.2, 0.25) is 0 Å². The number of nitrogens with zero attached hydrogens (tertiary/aromatic N) is 1. The van der Waals surface area contributed by atoms with Gasteiger partial charge in [0.05, 0.1) is 11.5 Å². The molecule has 0 fully saturated rings. The van der Waals surface area contributed by atoms with Gasteiger partial charge in [0.1, 0.15) is 0 Å². The molecule has 0 spiro atoms. The molecule has 2 N–H and O–H groups in total. The zero-order valence-electron chi connectivity index (χ0n) is 10.7. The van der Waals surface area contributed by atoms with Crippen LogP contribution in [0, 0.1) is 17.0 Å². The van der Waals surface area contributed by atoms with Gasteiger partial charge < -0.3 is 10.6 Å². The van der Waals surface area contributed by atoms with E-state index >= 15 is 0 Å². The number of hydrogen-bond donors (Lipinski definition) is 2. The maximum absolute atomic E-state index is 11.4. The number of anilines is 1. The average Bonchev–Trinajstić information content (AvgIpc) is 2.26. The number of non-ortho nitro benzene ring substituents is 1. The Bertz CT molecular complexity index is 458. The molecule has 0 atom stereocenters. The maximum atomic E-state index is 11.4. The number of rotatable bonds is 5. The number of nitrogens with one attached hydrogen (secondary N) is 2. The van der Waals surface area contributed by atoms with Gasteiger partial charge in [-0.25, -0.2) is 0 Å². The molecule has 0 aliphatic carbocycles. The third-order valence-electron chi connectivity index (χ3n) is 2.31. The first-order valence-electron chi connectivity index (χ1n) is 5.68. The predicted molar refractivity (Wildman–Crippen MR) is 69.6 cm³/mol. The Labute approximate surface area is 106 Å². The molecule has 1 amide bonds. The molecule has 0 bridgehead atoms. The lowest BCUT2D eigenvalue weighted by molar-refractivity contribution is -0.384. The fourth-order valence-corrected chi connectivity index (χ4v) is 1.51. The summed E-state index contributed by atoms with van der Waals surface area (Å²) in [6.07, 6.45) is 0. The first kappa shape index (κ1) is 14.0. The molecule has 6 heteroatoms. The Kier molecular flexibility index (Phi) is 4.65. The summed E-state index contributed by atoms with van der Waals surface area (Å²) in [6.45, 7) is 5.68. The molecule has 0 aromatic heterocycles. The molecule has 1 aromatic rings. The topological polar surface area (TPSA) is 84.3 Å². The number of carbonyl (C=O) groups is 1. The summed E-state index contributed by atoms with van der Waals surface area (Å²) in [7, 11) is 0. The van der Waals surface area contributed by atoms with Crippen molar-refractivity contribution in [2.45, 2.75) is 26.8 Å². The normalized spacial score (nSPS) is 10.2. The van der Waals surface area contributed by atoms with Crippen molar-refractivity contribution in [3.8, 4) is 0 Å². The lowest BCUT2D eigenvalue weighted by Crippen LogP contribution is -2.34. The largest absolute Gasteiger partial charge is 0.376 e. The van der Waals surface area contributed by atoms with Gasteiger partial charge in [0.15, 0.2) is 0 Å². The number of nitro groups is 1. The van der Waals surface area contributed by atoms with E-state index in [4.69, 9.17) is 0 Å². The van der Waals surface area contributed by atoms with Gasteiger partial charge in [-0.05, 0) is 32.4 Å². The fourth-order valence-electron chi connectivity index (χ4n) is 1.51. The standard InChI is InChI=1S/C12H17N3O3/c1-8(2)14-12(16)7-13-11-5-4-10(15(17)18)6-9(11)3/h4-6,8,13H,7H2,1-3H3,(H,14,16). The second kappa shape index (κ2) is 6.00. The van der Waals surface area contributed by atoms with Gasteiger partial charge in [-0.2, -0.15) is 0 Å². The van der Waals surface area contributed by atoms with E-state index < -0.39 is 4.92 Å². The van der Waals surface area contributed by atoms with E-state index in [0.29, 0.717) is 0 Å². The van der Waals surface area contributed by atoms with Gasteiger partial charge in [0, 0.05) is 23.9 Å².